The topological polar surface area (TPSA) is 61.4 Å². The lowest BCUT2D eigenvalue weighted by Crippen LogP contribution is -2.30. The second kappa shape index (κ2) is 8.44. The maximum Gasteiger partial charge on any atom is 0.251 e. The van der Waals surface area contributed by atoms with Gasteiger partial charge in [-0.3, -0.25) is 14.5 Å². The van der Waals surface area contributed by atoms with Crippen molar-refractivity contribution in [2.24, 2.45) is 0 Å². The predicted molar refractivity (Wildman–Crippen MR) is 101 cm³/mol. The van der Waals surface area contributed by atoms with E-state index in [4.69, 9.17) is 0 Å². The molecule has 0 saturated heterocycles. The predicted octanol–water partition coefficient (Wildman–Crippen LogP) is 2.73. The van der Waals surface area contributed by atoms with Crippen molar-refractivity contribution in [3.8, 4) is 0 Å². The summed E-state index contributed by atoms with van der Waals surface area (Å²) in [7, 11) is 3.51. The molecule has 0 unspecified atom stereocenters. The fourth-order valence-corrected chi connectivity index (χ4v) is 2.66. The summed E-state index contributed by atoms with van der Waals surface area (Å²) in [5, 5.41) is 5.42. The molecule has 2 aromatic carbocycles. The molecule has 0 aliphatic rings. The van der Waals surface area contributed by atoms with E-state index in [0.29, 0.717) is 17.8 Å². The van der Waals surface area contributed by atoms with Gasteiger partial charge >= 0.3 is 0 Å². The van der Waals surface area contributed by atoms with E-state index >= 15 is 0 Å². The Morgan fingerprint density at radius 2 is 1.72 bits per heavy atom. The number of amides is 2. The van der Waals surface area contributed by atoms with E-state index in [9.17, 15) is 9.59 Å². The second-order valence-corrected chi connectivity index (χ2v) is 6.31. The van der Waals surface area contributed by atoms with Gasteiger partial charge in [0.25, 0.3) is 5.91 Å². The Morgan fingerprint density at radius 3 is 2.32 bits per heavy atom. The monoisotopic (exact) mass is 339 g/mol. The van der Waals surface area contributed by atoms with Crippen LogP contribution in [-0.4, -0.2) is 37.4 Å². The zero-order valence-corrected chi connectivity index (χ0v) is 15.2. The first-order valence-electron chi connectivity index (χ1n) is 8.25. The van der Waals surface area contributed by atoms with Crippen LogP contribution < -0.4 is 10.6 Å². The van der Waals surface area contributed by atoms with E-state index < -0.39 is 0 Å². The summed E-state index contributed by atoms with van der Waals surface area (Å²) < 4.78 is 0. The summed E-state index contributed by atoms with van der Waals surface area (Å²) >= 11 is 0. The summed E-state index contributed by atoms with van der Waals surface area (Å²) in [6.45, 7) is 5.17. The maximum absolute atomic E-state index is 12.2. The highest BCUT2D eigenvalue weighted by molar-refractivity contribution is 5.96. The first-order chi connectivity index (χ1) is 11.9. The number of benzene rings is 2. The minimum atomic E-state index is -0.147. The third kappa shape index (κ3) is 5.43. The highest BCUT2D eigenvalue weighted by Crippen LogP contribution is 2.13. The van der Waals surface area contributed by atoms with E-state index in [1.54, 1.807) is 31.3 Å². The molecule has 5 heteroatoms. The van der Waals surface area contributed by atoms with Crippen molar-refractivity contribution in [3.05, 3.63) is 64.7 Å². The van der Waals surface area contributed by atoms with Gasteiger partial charge in [0.05, 0.1) is 6.54 Å². The van der Waals surface area contributed by atoms with Crippen LogP contribution in [0.3, 0.4) is 0 Å². The number of carbonyl (C=O) groups excluding carboxylic acids is 2. The molecule has 0 aliphatic carbocycles. The molecule has 2 aromatic rings. The smallest absolute Gasteiger partial charge is 0.251 e. The van der Waals surface area contributed by atoms with E-state index in [2.05, 4.69) is 42.7 Å². The Labute approximate surface area is 149 Å². The highest BCUT2D eigenvalue weighted by atomic mass is 16.2. The van der Waals surface area contributed by atoms with Gasteiger partial charge in [0.15, 0.2) is 0 Å². The van der Waals surface area contributed by atoms with Crippen LogP contribution in [0, 0.1) is 13.8 Å². The molecule has 5 nitrogen and oxygen atoms in total. The normalized spacial score (nSPS) is 10.6. The summed E-state index contributed by atoms with van der Waals surface area (Å²) in [5.41, 5.74) is 4.93. The number of carbonyl (C=O) groups is 2. The van der Waals surface area contributed by atoms with Gasteiger partial charge in [-0.1, -0.05) is 23.8 Å². The van der Waals surface area contributed by atoms with E-state index in [-0.39, 0.29) is 11.8 Å². The van der Waals surface area contributed by atoms with Crippen LogP contribution in [0.1, 0.15) is 27.0 Å². The van der Waals surface area contributed by atoms with Crippen LogP contribution >= 0.6 is 0 Å². The average Bonchev–Trinajstić information content (AvgIpc) is 2.57. The Kier molecular flexibility index (Phi) is 6.31. The Hall–Kier alpha value is -2.66. The lowest BCUT2D eigenvalue weighted by atomic mass is 10.1. The van der Waals surface area contributed by atoms with Crippen molar-refractivity contribution in [3.63, 3.8) is 0 Å². The largest absolute Gasteiger partial charge is 0.355 e. The van der Waals surface area contributed by atoms with Gasteiger partial charge in [0.1, 0.15) is 0 Å². The van der Waals surface area contributed by atoms with Gasteiger partial charge in [0.2, 0.25) is 5.91 Å². The Morgan fingerprint density at radius 1 is 1.04 bits per heavy atom. The molecule has 132 valence electrons. The number of anilines is 1. The fraction of sp³-hybridized carbons (Fsp3) is 0.300. The zero-order chi connectivity index (χ0) is 18.4. The molecular weight excluding hydrogens is 314 g/mol. The van der Waals surface area contributed by atoms with Gasteiger partial charge in [-0.2, -0.15) is 0 Å². The Bertz CT molecular complexity index is 754. The third-order valence-corrected chi connectivity index (χ3v) is 4.01. The number of hydrogen-bond donors (Lipinski definition) is 2. The van der Waals surface area contributed by atoms with Crippen LogP contribution in [0.4, 0.5) is 5.69 Å². The third-order valence-electron chi connectivity index (χ3n) is 4.01. The minimum Gasteiger partial charge on any atom is -0.355 e. The number of aryl methyl sites for hydroxylation is 2. The van der Waals surface area contributed by atoms with Crippen molar-refractivity contribution in [1.29, 1.82) is 0 Å². The molecule has 2 rings (SSSR count). The van der Waals surface area contributed by atoms with E-state index in [0.717, 1.165) is 6.54 Å². The Balaban J connectivity index is 1.89. The maximum atomic E-state index is 12.2. The van der Waals surface area contributed by atoms with Gasteiger partial charge in [0, 0.05) is 24.8 Å². The highest BCUT2D eigenvalue weighted by Gasteiger charge is 2.10. The molecule has 0 bridgehead atoms. The second-order valence-electron chi connectivity index (χ2n) is 6.31. The lowest BCUT2D eigenvalue weighted by Gasteiger charge is -2.18. The van der Waals surface area contributed by atoms with E-state index in [1.807, 2.05) is 11.9 Å². The number of nitrogens with one attached hydrogen (secondary N) is 2. The van der Waals surface area contributed by atoms with Crippen molar-refractivity contribution < 1.29 is 9.59 Å². The number of likely N-dealkylation sites (N-methyl/N-ethyl adjacent to an activating group) is 1. The van der Waals surface area contributed by atoms with Crippen LogP contribution in [0.25, 0.3) is 0 Å². The first-order valence-corrected chi connectivity index (χ1v) is 8.25. The quantitative estimate of drug-likeness (QED) is 0.851. The molecule has 0 heterocycles. The first kappa shape index (κ1) is 18.7. The number of rotatable bonds is 6. The SMILES string of the molecule is CNC(=O)c1ccc(NC(=O)CN(C)Cc2ccc(C)cc2C)cc1. The van der Waals surface area contributed by atoms with Crippen LogP contribution in [0.2, 0.25) is 0 Å². The molecule has 0 aliphatic heterocycles. The van der Waals surface area contributed by atoms with Crippen LogP contribution in [-0.2, 0) is 11.3 Å². The fourth-order valence-electron chi connectivity index (χ4n) is 2.66. The lowest BCUT2D eigenvalue weighted by molar-refractivity contribution is -0.117. The molecule has 0 saturated carbocycles. The number of nitrogens with zero attached hydrogens (tertiary/aromatic N) is 1. The number of hydrogen-bond acceptors (Lipinski definition) is 3. The van der Waals surface area contributed by atoms with Gasteiger partial charge in [-0.05, 0) is 56.3 Å². The summed E-state index contributed by atoms with van der Waals surface area (Å²) in [5.74, 6) is -0.231. The summed E-state index contributed by atoms with van der Waals surface area (Å²) in [6.07, 6.45) is 0. The molecule has 0 aromatic heterocycles. The standard InChI is InChI=1S/C20H25N3O2/c1-14-5-6-17(15(2)11-14)12-23(4)13-19(24)22-18-9-7-16(8-10-18)20(25)21-3/h5-11H,12-13H2,1-4H3,(H,21,25)(H,22,24). The average molecular weight is 339 g/mol. The zero-order valence-electron chi connectivity index (χ0n) is 15.2. The molecule has 0 atom stereocenters. The van der Waals surface area contributed by atoms with Gasteiger partial charge in [-0.15, -0.1) is 0 Å². The molecule has 2 N–H and O–H groups in total. The molecule has 2 amide bonds. The molecular formula is C20H25N3O2. The molecule has 0 spiro atoms. The summed E-state index contributed by atoms with van der Waals surface area (Å²) in [4.78, 5) is 25.7. The van der Waals surface area contributed by atoms with Gasteiger partial charge < -0.3 is 10.6 Å². The van der Waals surface area contributed by atoms with Gasteiger partial charge in [-0.25, -0.2) is 0 Å². The molecule has 0 fully saturated rings. The van der Waals surface area contributed by atoms with Crippen molar-refractivity contribution in [1.82, 2.24) is 10.2 Å². The van der Waals surface area contributed by atoms with Crippen molar-refractivity contribution in [2.45, 2.75) is 20.4 Å². The minimum absolute atomic E-state index is 0.0834. The van der Waals surface area contributed by atoms with Crippen LogP contribution in [0.5, 0.6) is 0 Å². The van der Waals surface area contributed by atoms with Crippen molar-refractivity contribution in [2.75, 3.05) is 26.0 Å². The summed E-state index contributed by atoms with van der Waals surface area (Å²) in [6, 6.07) is 13.2. The molecule has 25 heavy (non-hydrogen) atoms. The van der Waals surface area contributed by atoms with E-state index in [1.165, 1.54) is 16.7 Å². The molecule has 0 radical (unpaired) electrons. The van der Waals surface area contributed by atoms with Crippen molar-refractivity contribution >= 4 is 17.5 Å². The van der Waals surface area contributed by atoms with Crippen LogP contribution in [0.15, 0.2) is 42.5 Å².